The van der Waals surface area contributed by atoms with Crippen molar-refractivity contribution in [3.05, 3.63) is 12.2 Å². The Labute approximate surface area is 58.9 Å². The van der Waals surface area contributed by atoms with E-state index in [9.17, 15) is 8.78 Å². The predicted octanol–water partition coefficient (Wildman–Crippen LogP) is 1.55. The van der Waals surface area contributed by atoms with Crippen molar-refractivity contribution in [2.45, 2.75) is 18.8 Å². The number of halogens is 2. The van der Waals surface area contributed by atoms with Crippen LogP contribution in [0.5, 0.6) is 0 Å². The molecule has 0 saturated heterocycles. The molecule has 1 aliphatic rings. The van der Waals surface area contributed by atoms with Crippen molar-refractivity contribution in [2.75, 3.05) is 6.54 Å². The molecule has 0 radical (unpaired) electrons. The van der Waals surface area contributed by atoms with Gasteiger partial charge in [0.05, 0.1) is 0 Å². The van der Waals surface area contributed by atoms with Crippen LogP contribution in [-0.2, 0) is 0 Å². The lowest BCUT2D eigenvalue weighted by Gasteiger charge is -2.35. The smallest absolute Gasteiger partial charge is 0.249 e. The standard InChI is InChI=1S/C7H11F2N/c1-5(4-10)6-2-7(8,9)3-6/h6H,1-4,10H2. The molecular weight excluding hydrogens is 136 g/mol. The van der Waals surface area contributed by atoms with Crippen LogP contribution in [0.4, 0.5) is 8.78 Å². The van der Waals surface area contributed by atoms with E-state index in [0.717, 1.165) is 5.57 Å². The second-order valence-electron chi connectivity index (χ2n) is 2.82. The summed E-state index contributed by atoms with van der Waals surface area (Å²) in [7, 11) is 0. The number of hydrogen-bond acceptors (Lipinski definition) is 1. The summed E-state index contributed by atoms with van der Waals surface area (Å²) >= 11 is 0. The van der Waals surface area contributed by atoms with E-state index >= 15 is 0 Å². The summed E-state index contributed by atoms with van der Waals surface area (Å²) < 4.78 is 24.4. The molecule has 0 heterocycles. The van der Waals surface area contributed by atoms with Crippen molar-refractivity contribution in [3.8, 4) is 0 Å². The molecule has 10 heavy (non-hydrogen) atoms. The summed E-state index contributed by atoms with van der Waals surface area (Å²) in [5.74, 6) is -2.47. The summed E-state index contributed by atoms with van der Waals surface area (Å²) in [5.41, 5.74) is 5.98. The largest absolute Gasteiger partial charge is 0.327 e. The highest BCUT2D eigenvalue weighted by Crippen LogP contribution is 2.45. The summed E-state index contributed by atoms with van der Waals surface area (Å²) in [6.07, 6.45) is -0.105. The van der Waals surface area contributed by atoms with Gasteiger partial charge in [-0.1, -0.05) is 12.2 Å². The second-order valence-corrected chi connectivity index (χ2v) is 2.82. The van der Waals surface area contributed by atoms with Crippen LogP contribution in [0.2, 0.25) is 0 Å². The first-order chi connectivity index (χ1) is 4.55. The molecule has 2 N–H and O–H groups in total. The third-order valence-corrected chi connectivity index (χ3v) is 1.93. The van der Waals surface area contributed by atoms with Gasteiger partial charge in [-0.25, -0.2) is 8.78 Å². The van der Waals surface area contributed by atoms with Gasteiger partial charge in [0.15, 0.2) is 0 Å². The van der Waals surface area contributed by atoms with E-state index in [0.29, 0.717) is 6.54 Å². The number of hydrogen-bond donors (Lipinski definition) is 1. The van der Waals surface area contributed by atoms with E-state index in [4.69, 9.17) is 5.73 Å². The Morgan fingerprint density at radius 2 is 2.10 bits per heavy atom. The Bertz CT molecular complexity index is 146. The van der Waals surface area contributed by atoms with Gasteiger partial charge in [0.1, 0.15) is 0 Å². The maximum atomic E-state index is 12.2. The topological polar surface area (TPSA) is 26.0 Å². The first-order valence-corrected chi connectivity index (χ1v) is 3.31. The van der Waals surface area contributed by atoms with Crippen LogP contribution in [0.25, 0.3) is 0 Å². The summed E-state index contributed by atoms with van der Waals surface area (Å²) in [4.78, 5) is 0. The van der Waals surface area contributed by atoms with Crippen molar-refractivity contribution in [2.24, 2.45) is 11.7 Å². The van der Waals surface area contributed by atoms with Gasteiger partial charge in [-0.15, -0.1) is 0 Å². The number of rotatable bonds is 2. The molecule has 0 aromatic rings. The fourth-order valence-electron chi connectivity index (χ4n) is 1.12. The van der Waals surface area contributed by atoms with Gasteiger partial charge in [0.2, 0.25) is 5.92 Å². The predicted molar refractivity (Wildman–Crippen MR) is 35.9 cm³/mol. The monoisotopic (exact) mass is 147 g/mol. The normalized spacial score (nSPS) is 23.9. The molecule has 0 bridgehead atoms. The minimum Gasteiger partial charge on any atom is -0.327 e. The molecule has 1 aliphatic carbocycles. The Morgan fingerprint density at radius 3 is 2.40 bits per heavy atom. The van der Waals surface area contributed by atoms with Crippen LogP contribution in [0, 0.1) is 5.92 Å². The Kier molecular flexibility index (Phi) is 1.77. The van der Waals surface area contributed by atoms with E-state index in [1.165, 1.54) is 0 Å². The Hall–Kier alpha value is -0.440. The Morgan fingerprint density at radius 1 is 1.60 bits per heavy atom. The van der Waals surface area contributed by atoms with Crippen LogP contribution in [-0.4, -0.2) is 12.5 Å². The van der Waals surface area contributed by atoms with E-state index in [2.05, 4.69) is 6.58 Å². The molecule has 0 atom stereocenters. The lowest BCUT2D eigenvalue weighted by atomic mass is 9.77. The van der Waals surface area contributed by atoms with Gasteiger partial charge in [0.25, 0.3) is 0 Å². The van der Waals surface area contributed by atoms with Crippen LogP contribution >= 0.6 is 0 Å². The second kappa shape index (κ2) is 2.31. The SMILES string of the molecule is C=C(CN)C1CC(F)(F)C1. The van der Waals surface area contributed by atoms with Gasteiger partial charge in [-0.3, -0.25) is 0 Å². The third kappa shape index (κ3) is 1.34. The molecule has 58 valence electrons. The highest BCUT2D eigenvalue weighted by molar-refractivity contribution is 5.09. The van der Waals surface area contributed by atoms with Crippen molar-refractivity contribution in [3.63, 3.8) is 0 Å². The van der Waals surface area contributed by atoms with Crippen LogP contribution in [0.3, 0.4) is 0 Å². The lowest BCUT2D eigenvalue weighted by Crippen LogP contribution is -2.37. The average molecular weight is 147 g/mol. The fraction of sp³-hybridized carbons (Fsp3) is 0.714. The molecule has 1 fully saturated rings. The van der Waals surface area contributed by atoms with Gasteiger partial charge in [0, 0.05) is 19.4 Å². The van der Waals surface area contributed by atoms with E-state index in [1.54, 1.807) is 0 Å². The van der Waals surface area contributed by atoms with E-state index in [-0.39, 0.29) is 18.8 Å². The zero-order valence-corrected chi connectivity index (χ0v) is 5.74. The summed E-state index contributed by atoms with van der Waals surface area (Å²) in [6.45, 7) is 3.94. The molecule has 0 aromatic carbocycles. The fourth-order valence-corrected chi connectivity index (χ4v) is 1.12. The molecule has 0 unspecified atom stereocenters. The first-order valence-electron chi connectivity index (χ1n) is 3.31. The zero-order valence-electron chi connectivity index (χ0n) is 5.74. The van der Waals surface area contributed by atoms with E-state index < -0.39 is 5.92 Å². The van der Waals surface area contributed by atoms with Crippen molar-refractivity contribution in [1.82, 2.24) is 0 Å². The van der Waals surface area contributed by atoms with E-state index in [1.807, 2.05) is 0 Å². The summed E-state index contributed by atoms with van der Waals surface area (Å²) in [6, 6.07) is 0. The zero-order chi connectivity index (χ0) is 7.78. The van der Waals surface area contributed by atoms with Crippen molar-refractivity contribution < 1.29 is 8.78 Å². The lowest BCUT2D eigenvalue weighted by molar-refractivity contribution is -0.0993. The maximum absolute atomic E-state index is 12.2. The van der Waals surface area contributed by atoms with Crippen LogP contribution < -0.4 is 5.73 Å². The molecule has 0 spiro atoms. The molecule has 0 amide bonds. The molecule has 0 aromatic heterocycles. The van der Waals surface area contributed by atoms with Gasteiger partial charge < -0.3 is 5.73 Å². The number of alkyl halides is 2. The average Bonchev–Trinajstić information content (AvgIpc) is 1.81. The number of nitrogens with two attached hydrogens (primary N) is 1. The van der Waals surface area contributed by atoms with Crippen LogP contribution in [0.15, 0.2) is 12.2 Å². The Balaban J connectivity index is 2.33. The van der Waals surface area contributed by atoms with Gasteiger partial charge >= 0.3 is 0 Å². The molecule has 3 heteroatoms. The van der Waals surface area contributed by atoms with Crippen molar-refractivity contribution in [1.29, 1.82) is 0 Å². The minimum atomic E-state index is -2.44. The molecular formula is C7H11F2N. The highest BCUT2D eigenvalue weighted by atomic mass is 19.3. The van der Waals surface area contributed by atoms with Gasteiger partial charge in [-0.2, -0.15) is 0 Å². The summed E-state index contributed by atoms with van der Waals surface area (Å²) in [5, 5.41) is 0. The molecule has 0 aliphatic heterocycles. The quantitative estimate of drug-likeness (QED) is 0.589. The first kappa shape index (κ1) is 7.66. The maximum Gasteiger partial charge on any atom is 0.249 e. The molecule has 1 saturated carbocycles. The van der Waals surface area contributed by atoms with Crippen molar-refractivity contribution >= 4 is 0 Å². The van der Waals surface area contributed by atoms with Gasteiger partial charge in [-0.05, 0) is 5.92 Å². The molecule has 1 rings (SSSR count). The third-order valence-electron chi connectivity index (χ3n) is 1.93. The highest BCUT2D eigenvalue weighted by Gasteiger charge is 2.45. The van der Waals surface area contributed by atoms with Crippen LogP contribution in [0.1, 0.15) is 12.8 Å². The minimum absolute atomic E-state index is 0.0278. The molecule has 1 nitrogen and oxygen atoms in total.